The average Bonchev–Trinajstić information content (AvgIpc) is 3.15. The summed E-state index contributed by atoms with van der Waals surface area (Å²) in [7, 11) is 0. The summed E-state index contributed by atoms with van der Waals surface area (Å²) < 4.78 is 1.37. The van der Waals surface area contributed by atoms with Crippen molar-refractivity contribution in [2.45, 2.75) is 32.7 Å². The Labute approximate surface area is 153 Å². The third kappa shape index (κ3) is 5.02. The van der Waals surface area contributed by atoms with Gasteiger partial charge < -0.3 is 10.2 Å². The van der Waals surface area contributed by atoms with Crippen molar-refractivity contribution >= 4 is 5.91 Å². The maximum absolute atomic E-state index is 12.0. The maximum atomic E-state index is 12.0. The van der Waals surface area contributed by atoms with Gasteiger partial charge in [0.1, 0.15) is 0 Å². The molecule has 6 heteroatoms. The second-order valence-corrected chi connectivity index (χ2v) is 6.79. The highest BCUT2D eigenvalue weighted by atomic mass is 16.2. The highest BCUT2D eigenvalue weighted by molar-refractivity contribution is 5.75. The number of carbonyl (C=O) groups is 1. The van der Waals surface area contributed by atoms with Gasteiger partial charge in [0.25, 0.3) is 5.56 Å². The number of hydrogen-bond donors (Lipinski definition) is 1. The predicted molar refractivity (Wildman–Crippen MR) is 102 cm³/mol. The van der Waals surface area contributed by atoms with Crippen molar-refractivity contribution in [2.75, 3.05) is 26.2 Å². The Kier molecular flexibility index (Phi) is 6.17. The number of benzene rings is 1. The number of amides is 1. The standard InChI is InChI=1S/C20H26N4O2/c1-16-4-6-17(7-5-16)18-8-9-20(26)24(22-18)14-10-19(25)21-11-15-23-12-2-3-13-23/h4-9H,2-3,10-15H2,1H3,(H,21,25). The van der Waals surface area contributed by atoms with Crippen LogP contribution >= 0.6 is 0 Å². The van der Waals surface area contributed by atoms with Crippen LogP contribution < -0.4 is 10.9 Å². The number of hydrogen-bond acceptors (Lipinski definition) is 4. The fourth-order valence-corrected chi connectivity index (χ4v) is 3.14. The molecule has 1 aromatic heterocycles. The van der Waals surface area contributed by atoms with Crippen molar-refractivity contribution in [2.24, 2.45) is 0 Å². The molecule has 0 spiro atoms. The Hall–Kier alpha value is -2.47. The molecular formula is C20H26N4O2. The molecule has 1 aliphatic heterocycles. The van der Waals surface area contributed by atoms with Crippen LogP contribution in [0.2, 0.25) is 0 Å². The molecule has 0 atom stereocenters. The lowest BCUT2D eigenvalue weighted by atomic mass is 10.1. The van der Waals surface area contributed by atoms with Crippen LogP contribution in [0.15, 0.2) is 41.2 Å². The molecule has 0 aliphatic carbocycles. The Balaban J connectivity index is 1.53. The van der Waals surface area contributed by atoms with Crippen molar-refractivity contribution in [1.82, 2.24) is 20.0 Å². The quantitative estimate of drug-likeness (QED) is 0.824. The zero-order valence-electron chi connectivity index (χ0n) is 15.3. The summed E-state index contributed by atoms with van der Waals surface area (Å²) in [6.45, 7) is 6.12. The summed E-state index contributed by atoms with van der Waals surface area (Å²) >= 11 is 0. The van der Waals surface area contributed by atoms with Gasteiger partial charge in [0, 0.05) is 31.1 Å². The minimum Gasteiger partial charge on any atom is -0.355 e. The number of carbonyl (C=O) groups excluding carboxylic acids is 1. The van der Waals surface area contributed by atoms with Crippen molar-refractivity contribution in [3.63, 3.8) is 0 Å². The van der Waals surface area contributed by atoms with E-state index in [1.807, 2.05) is 31.2 Å². The van der Waals surface area contributed by atoms with Crippen molar-refractivity contribution in [3.05, 3.63) is 52.3 Å². The molecular weight excluding hydrogens is 328 g/mol. The van der Waals surface area contributed by atoms with Gasteiger partial charge in [0.2, 0.25) is 5.91 Å². The molecule has 3 rings (SSSR count). The fraction of sp³-hybridized carbons (Fsp3) is 0.450. The van der Waals surface area contributed by atoms with E-state index in [1.54, 1.807) is 6.07 Å². The summed E-state index contributed by atoms with van der Waals surface area (Å²) in [6, 6.07) is 11.2. The minimum atomic E-state index is -0.189. The maximum Gasteiger partial charge on any atom is 0.266 e. The summed E-state index contributed by atoms with van der Waals surface area (Å²) in [6.07, 6.45) is 2.75. The molecule has 1 N–H and O–H groups in total. The molecule has 2 aromatic rings. The van der Waals surface area contributed by atoms with Gasteiger partial charge in [-0.1, -0.05) is 29.8 Å². The van der Waals surface area contributed by atoms with E-state index in [0.717, 1.165) is 30.9 Å². The molecule has 1 fully saturated rings. The normalized spacial score (nSPS) is 14.5. The number of rotatable bonds is 7. The number of likely N-dealkylation sites (tertiary alicyclic amines) is 1. The number of nitrogens with zero attached hydrogens (tertiary/aromatic N) is 3. The number of aryl methyl sites for hydroxylation is 2. The Morgan fingerprint density at radius 1 is 1.08 bits per heavy atom. The van der Waals surface area contributed by atoms with E-state index in [1.165, 1.54) is 29.2 Å². The molecule has 2 heterocycles. The van der Waals surface area contributed by atoms with E-state index in [4.69, 9.17) is 0 Å². The molecule has 0 saturated carbocycles. The first-order valence-electron chi connectivity index (χ1n) is 9.26. The molecule has 26 heavy (non-hydrogen) atoms. The van der Waals surface area contributed by atoms with Crippen LogP contribution in [-0.2, 0) is 11.3 Å². The largest absolute Gasteiger partial charge is 0.355 e. The lowest BCUT2D eigenvalue weighted by molar-refractivity contribution is -0.121. The molecule has 1 aliphatic rings. The third-order valence-electron chi connectivity index (χ3n) is 4.71. The van der Waals surface area contributed by atoms with Crippen LogP contribution in [0.1, 0.15) is 24.8 Å². The molecule has 0 bridgehead atoms. The van der Waals surface area contributed by atoms with Gasteiger partial charge in [-0.15, -0.1) is 0 Å². The van der Waals surface area contributed by atoms with E-state index >= 15 is 0 Å². The molecule has 138 valence electrons. The molecule has 1 saturated heterocycles. The lowest BCUT2D eigenvalue weighted by Crippen LogP contribution is -2.34. The second-order valence-electron chi connectivity index (χ2n) is 6.79. The Bertz CT molecular complexity index is 792. The average molecular weight is 354 g/mol. The smallest absolute Gasteiger partial charge is 0.266 e. The molecule has 6 nitrogen and oxygen atoms in total. The van der Waals surface area contributed by atoms with Gasteiger partial charge in [0.05, 0.1) is 12.2 Å². The van der Waals surface area contributed by atoms with E-state index in [-0.39, 0.29) is 24.4 Å². The third-order valence-corrected chi connectivity index (χ3v) is 4.71. The van der Waals surface area contributed by atoms with Gasteiger partial charge in [-0.25, -0.2) is 4.68 Å². The monoisotopic (exact) mass is 354 g/mol. The number of aromatic nitrogens is 2. The SMILES string of the molecule is Cc1ccc(-c2ccc(=O)n(CCC(=O)NCCN3CCCC3)n2)cc1. The zero-order chi connectivity index (χ0) is 18.4. The first-order valence-corrected chi connectivity index (χ1v) is 9.26. The summed E-state index contributed by atoms with van der Waals surface area (Å²) in [5.41, 5.74) is 2.68. The first-order chi connectivity index (χ1) is 12.6. The predicted octanol–water partition coefficient (Wildman–Crippen LogP) is 1.82. The van der Waals surface area contributed by atoms with Crippen molar-refractivity contribution in [3.8, 4) is 11.3 Å². The molecule has 1 aromatic carbocycles. The first kappa shape index (κ1) is 18.3. The van der Waals surface area contributed by atoms with Crippen LogP contribution in [0, 0.1) is 6.92 Å². The van der Waals surface area contributed by atoms with E-state index in [0.29, 0.717) is 6.54 Å². The van der Waals surface area contributed by atoms with Gasteiger partial charge in [-0.3, -0.25) is 9.59 Å². The fourth-order valence-electron chi connectivity index (χ4n) is 3.14. The number of nitrogens with one attached hydrogen (secondary N) is 1. The van der Waals surface area contributed by atoms with Gasteiger partial charge in [-0.05, 0) is 38.9 Å². The minimum absolute atomic E-state index is 0.0429. The van der Waals surface area contributed by atoms with Crippen LogP contribution in [0.4, 0.5) is 0 Å². The van der Waals surface area contributed by atoms with Gasteiger partial charge in [-0.2, -0.15) is 5.10 Å². The van der Waals surface area contributed by atoms with Gasteiger partial charge >= 0.3 is 0 Å². The van der Waals surface area contributed by atoms with Crippen LogP contribution in [-0.4, -0.2) is 46.8 Å². The highest BCUT2D eigenvalue weighted by Crippen LogP contribution is 2.15. The summed E-state index contributed by atoms with van der Waals surface area (Å²) in [5, 5.41) is 7.33. The van der Waals surface area contributed by atoms with E-state index < -0.39 is 0 Å². The van der Waals surface area contributed by atoms with Gasteiger partial charge in [0.15, 0.2) is 0 Å². The zero-order valence-corrected chi connectivity index (χ0v) is 15.3. The van der Waals surface area contributed by atoms with Crippen molar-refractivity contribution < 1.29 is 4.79 Å². The summed E-state index contributed by atoms with van der Waals surface area (Å²) in [5.74, 6) is -0.0429. The lowest BCUT2D eigenvalue weighted by Gasteiger charge is -2.14. The second kappa shape index (κ2) is 8.76. The topological polar surface area (TPSA) is 67.2 Å². The van der Waals surface area contributed by atoms with Crippen molar-refractivity contribution in [1.29, 1.82) is 0 Å². The molecule has 1 amide bonds. The summed E-state index contributed by atoms with van der Waals surface area (Å²) in [4.78, 5) is 26.4. The van der Waals surface area contributed by atoms with Crippen LogP contribution in [0.5, 0.6) is 0 Å². The highest BCUT2D eigenvalue weighted by Gasteiger charge is 2.11. The van der Waals surface area contributed by atoms with E-state index in [2.05, 4.69) is 15.3 Å². The Morgan fingerprint density at radius 2 is 1.81 bits per heavy atom. The van der Waals surface area contributed by atoms with E-state index in [9.17, 15) is 9.59 Å². The molecule has 0 radical (unpaired) electrons. The van der Waals surface area contributed by atoms with Crippen LogP contribution in [0.25, 0.3) is 11.3 Å². The van der Waals surface area contributed by atoms with Crippen LogP contribution in [0.3, 0.4) is 0 Å². The molecule has 0 unspecified atom stereocenters. The Morgan fingerprint density at radius 3 is 2.54 bits per heavy atom.